The fraction of sp³-hybridized carbons (Fsp3) is 0.304. The number of sulfonamides is 2. The Balaban J connectivity index is 0.000000154. The molecule has 4 aliphatic rings. The van der Waals surface area contributed by atoms with Gasteiger partial charge in [0.1, 0.15) is 11.6 Å². The molecule has 60 heavy (non-hydrogen) atoms. The largest absolute Gasteiger partial charge is 0.369 e. The molecule has 0 atom stereocenters. The van der Waals surface area contributed by atoms with Crippen molar-refractivity contribution in [2.45, 2.75) is 22.6 Å². The highest BCUT2D eigenvalue weighted by Crippen LogP contribution is 2.43. The Hall–Kier alpha value is -5.28. The van der Waals surface area contributed by atoms with Crippen molar-refractivity contribution < 1.29 is 25.6 Å². The molecule has 2 saturated heterocycles. The monoisotopic (exact) mass is 850 g/mol. The summed E-state index contributed by atoms with van der Waals surface area (Å²) in [5.41, 5.74) is 3.68. The van der Waals surface area contributed by atoms with Gasteiger partial charge in [-0.2, -0.15) is 0 Å². The number of rotatable bonds is 10. The first kappa shape index (κ1) is 40.1. The third kappa shape index (κ3) is 7.77. The van der Waals surface area contributed by atoms with E-state index in [1.54, 1.807) is 20.7 Å². The third-order valence-corrected chi connectivity index (χ3v) is 15.9. The number of benzene rings is 6. The number of anilines is 4. The van der Waals surface area contributed by atoms with Gasteiger partial charge in [-0.1, -0.05) is 48.5 Å². The summed E-state index contributed by atoms with van der Waals surface area (Å²) in [4.78, 5) is 10.1. The van der Waals surface area contributed by atoms with Gasteiger partial charge in [-0.3, -0.25) is 18.4 Å². The molecule has 312 valence electrons. The number of piperazine rings is 2. The van der Waals surface area contributed by atoms with Gasteiger partial charge in [0.15, 0.2) is 0 Å². The highest BCUT2D eigenvalue weighted by atomic mass is 32.2. The summed E-state index contributed by atoms with van der Waals surface area (Å²) in [7, 11) is -6.95. The van der Waals surface area contributed by atoms with Crippen LogP contribution in [0.4, 0.5) is 31.5 Å². The topological polar surface area (TPSA) is 87.7 Å². The molecule has 0 spiro atoms. The summed E-state index contributed by atoms with van der Waals surface area (Å²) < 4.78 is 81.6. The van der Waals surface area contributed by atoms with Crippen LogP contribution in [-0.4, -0.2) is 105 Å². The third-order valence-electron chi connectivity index (χ3n) is 12.2. The number of halogens is 2. The molecular weight excluding hydrogens is 803 g/mol. The first-order chi connectivity index (χ1) is 29.1. The molecule has 4 heterocycles. The average molecular weight is 851 g/mol. The molecule has 0 unspecified atom stereocenters. The lowest BCUT2D eigenvalue weighted by molar-refractivity contribution is 0.256. The van der Waals surface area contributed by atoms with E-state index < -0.39 is 20.0 Å². The lowest BCUT2D eigenvalue weighted by Crippen LogP contribution is -2.47. The first-order valence-corrected chi connectivity index (χ1v) is 23.5. The summed E-state index contributed by atoms with van der Waals surface area (Å²) in [6.45, 7) is 9.89. The highest BCUT2D eigenvalue weighted by Gasteiger charge is 2.36. The molecule has 14 heteroatoms. The van der Waals surface area contributed by atoms with Crippen molar-refractivity contribution in [2.24, 2.45) is 0 Å². The van der Waals surface area contributed by atoms with Crippen LogP contribution in [0.25, 0.3) is 21.5 Å². The Labute approximate surface area is 350 Å². The van der Waals surface area contributed by atoms with E-state index >= 15 is 0 Å². The lowest BCUT2D eigenvalue weighted by Gasteiger charge is -2.36. The van der Waals surface area contributed by atoms with E-state index in [1.165, 1.54) is 24.3 Å². The molecule has 0 aliphatic carbocycles. The molecule has 0 N–H and O–H groups in total. The second kappa shape index (κ2) is 16.6. The SMILES string of the molecule is O=S1(=O)c2cccc3cccc(c23)N1CCCN1CCN(c2ccc(F)cc2)CC1.O=S1(=O)c2cccc3cccc(c23)N1CCCN1CCN(c2ccc(F)cc2)CC1. The van der Waals surface area contributed by atoms with E-state index in [4.69, 9.17) is 0 Å². The van der Waals surface area contributed by atoms with Crippen molar-refractivity contribution in [2.75, 3.05) is 96.9 Å². The zero-order valence-corrected chi connectivity index (χ0v) is 35.0. The standard InChI is InChI=1S/2C23H24FN3O2S/c2*24-19-8-10-20(11-9-19)26-16-14-25(15-17-26)12-3-13-27-21-6-1-4-18-5-2-7-22(23(18)21)30(27,28)29/h2*1-2,4-11H,3,12-17H2. The normalized spacial score (nSPS) is 18.3. The van der Waals surface area contributed by atoms with Gasteiger partial charge in [-0.05, 0) is 96.4 Å². The zero-order chi connectivity index (χ0) is 41.4. The summed E-state index contributed by atoms with van der Waals surface area (Å²) in [6.07, 6.45) is 1.56. The van der Waals surface area contributed by atoms with Gasteiger partial charge in [0.25, 0.3) is 20.0 Å². The summed E-state index contributed by atoms with van der Waals surface area (Å²) in [5, 5.41) is 3.61. The summed E-state index contributed by atoms with van der Waals surface area (Å²) in [5.74, 6) is -0.431. The maximum Gasteiger partial charge on any atom is 0.265 e. The van der Waals surface area contributed by atoms with Crippen LogP contribution >= 0.6 is 0 Å². The Bertz CT molecular complexity index is 2520. The minimum absolute atomic E-state index is 0.216. The van der Waals surface area contributed by atoms with Crippen molar-refractivity contribution in [3.63, 3.8) is 0 Å². The van der Waals surface area contributed by atoms with Crippen molar-refractivity contribution in [1.82, 2.24) is 9.80 Å². The van der Waals surface area contributed by atoms with E-state index in [2.05, 4.69) is 19.6 Å². The van der Waals surface area contributed by atoms with Gasteiger partial charge in [-0.15, -0.1) is 0 Å². The zero-order valence-electron chi connectivity index (χ0n) is 33.3. The van der Waals surface area contributed by atoms with Crippen molar-refractivity contribution in [3.05, 3.63) is 133 Å². The van der Waals surface area contributed by atoms with Gasteiger partial charge in [0, 0.05) is 101 Å². The van der Waals surface area contributed by atoms with Crippen LogP contribution in [0.3, 0.4) is 0 Å². The molecule has 10 nitrogen and oxygen atoms in total. The molecule has 0 amide bonds. The average Bonchev–Trinajstić information content (AvgIpc) is 3.62. The van der Waals surface area contributed by atoms with E-state index in [0.717, 1.165) is 123 Å². The highest BCUT2D eigenvalue weighted by molar-refractivity contribution is 7.93. The molecule has 10 rings (SSSR count). The number of hydrogen-bond acceptors (Lipinski definition) is 8. The van der Waals surface area contributed by atoms with Crippen LogP contribution in [0.15, 0.2) is 131 Å². The molecule has 0 saturated carbocycles. The maximum absolute atomic E-state index is 13.1. The Kier molecular flexibility index (Phi) is 11.1. The van der Waals surface area contributed by atoms with Crippen molar-refractivity contribution in [3.8, 4) is 0 Å². The quantitative estimate of drug-likeness (QED) is 0.141. The molecule has 2 fully saturated rings. The summed E-state index contributed by atoms with van der Waals surface area (Å²) in [6, 6.07) is 35.8. The van der Waals surface area contributed by atoms with Gasteiger partial charge < -0.3 is 9.80 Å². The van der Waals surface area contributed by atoms with E-state index in [9.17, 15) is 25.6 Å². The molecule has 0 radical (unpaired) electrons. The molecule has 6 aromatic carbocycles. The fourth-order valence-corrected chi connectivity index (χ4v) is 12.5. The van der Waals surface area contributed by atoms with Gasteiger partial charge in [-0.25, -0.2) is 25.6 Å². The van der Waals surface area contributed by atoms with Gasteiger partial charge >= 0.3 is 0 Å². The fourth-order valence-electron chi connectivity index (χ4n) is 9.04. The van der Waals surface area contributed by atoms with Crippen LogP contribution in [0.2, 0.25) is 0 Å². The van der Waals surface area contributed by atoms with Crippen LogP contribution in [0, 0.1) is 11.6 Å². The molecule has 0 aromatic heterocycles. The van der Waals surface area contributed by atoms with Crippen molar-refractivity contribution >= 4 is 64.3 Å². The number of hydrogen-bond donors (Lipinski definition) is 0. The lowest BCUT2D eigenvalue weighted by atomic mass is 10.1. The first-order valence-electron chi connectivity index (χ1n) is 20.6. The molecular formula is C46H48F2N6O4S2. The van der Waals surface area contributed by atoms with Crippen molar-refractivity contribution in [1.29, 1.82) is 0 Å². The predicted octanol–water partition coefficient (Wildman–Crippen LogP) is 7.40. The molecule has 6 aromatic rings. The second-order valence-corrected chi connectivity index (χ2v) is 19.4. The van der Waals surface area contributed by atoms with E-state index in [0.29, 0.717) is 22.9 Å². The van der Waals surface area contributed by atoms with E-state index in [1.807, 2.05) is 84.9 Å². The predicted molar refractivity (Wildman–Crippen MR) is 236 cm³/mol. The Morgan fingerprint density at radius 1 is 0.417 bits per heavy atom. The van der Waals surface area contributed by atoms with Crippen LogP contribution < -0.4 is 18.4 Å². The minimum atomic E-state index is -3.47. The Morgan fingerprint density at radius 2 is 0.767 bits per heavy atom. The van der Waals surface area contributed by atoms with Gasteiger partial charge in [0.2, 0.25) is 0 Å². The summed E-state index contributed by atoms with van der Waals surface area (Å²) >= 11 is 0. The van der Waals surface area contributed by atoms with E-state index in [-0.39, 0.29) is 11.6 Å². The number of nitrogens with zero attached hydrogens (tertiary/aromatic N) is 6. The minimum Gasteiger partial charge on any atom is -0.369 e. The molecule has 4 aliphatic heterocycles. The second-order valence-electron chi connectivity index (χ2n) is 15.7. The molecule has 0 bridgehead atoms. The van der Waals surface area contributed by atoms with Crippen LogP contribution in [0.1, 0.15) is 12.8 Å². The van der Waals surface area contributed by atoms with Gasteiger partial charge in [0.05, 0.1) is 21.2 Å². The smallest absolute Gasteiger partial charge is 0.265 e. The van der Waals surface area contributed by atoms with Crippen LogP contribution in [-0.2, 0) is 20.0 Å². The Morgan fingerprint density at radius 3 is 1.13 bits per heavy atom. The maximum atomic E-state index is 13.1. The van der Waals surface area contributed by atoms with Crippen LogP contribution in [0.5, 0.6) is 0 Å².